The summed E-state index contributed by atoms with van der Waals surface area (Å²) < 4.78 is 6.29. The van der Waals surface area contributed by atoms with Gasteiger partial charge in [0.05, 0.1) is 27.9 Å². The minimum atomic E-state index is -0.241. The predicted molar refractivity (Wildman–Crippen MR) is 124 cm³/mol. The number of anilines is 2. The standard InChI is InChI=1S/C23H22BrClN2O2/c1-29-22-18(13-15-7-3-4-8-17(15)21(22)24)23(28)26-16-9-10-20(19(25)14-16)27-11-5-2-6-12-27/h3-4,7-10,13-14H,2,5-6,11-12H2,1H3,(H,26,28). The summed E-state index contributed by atoms with van der Waals surface area (Å²) in [5.74, 6) is 0.271. The fraction of sp³-hybridized carbons (Fsp3) is 0.261. The minimum Gasteiger partial charge on any atom is -0.495 e. The first-order chi connectivity index (χ1) is 14.1. The summed E-state index contributed by atoms with van der Waals surface area (Å²) >= 11 is 10.1. The zero-order valence-electron chi connectivity index (χ0n) is 16.2. The summed E-state index contributed by atoms with van der Waals surface area (Å²) in [4.78, 5) is 15.3. The molecular weight excluding hydrogens is 452 g/mol. The van der Waals surface area contributed by atoms with E-state index in [-0.39, 0.29) is 5.91 Å². The number of hydrogen-bond donors (Lipinski definition) is 1. The van der Waals surface area contributed by atoms with Gasteiger partial charge in [-0.1, -0.05) is 35.9 Å². The van der Waals surface area contributed by atoms with Crippen LogP contribution in [0.15, 0.2) is 53.0 Å². The van der Waals surface area contributed by atoms with Crippen LogP contribution < -0.4 is 15.0 Å². The quantitative estimate of drug-likeness (QED) is 0.470. The van der Waals surface area contributed by atoms with E-state index in [2.05, 4.69) is 26.1 Å². The van der Waals surface area contributed by atoms with E-state index in [1.54, 1.807) is 7.11 Å². The van der Waals surface area contributed by atoms with Crippen molar-refractivity contribution in [2.45, 2.75) is 19.3 Å². The number of nitrogens with zero attached hydrogens (tertiary/aromatic N) is 1. The van der Waals surface area contributed by atoms with Gasteiger partial charge in [-0.05, 0) is 70.2 Å². The van der Waals surface area contributed by atoms with Gasteiger partial charge < -0.3 is 15.0 Å². The molecule has 1 heterocycles. The van der Waals surface area contributed by atoms with E-state index in [0.717, 1.165) is 34.0 Å². The second-order valence-electron chi connectivity index (χ2n) is 7.16. The van der Waals surface area contributed by atoms with Crippen LogP contribution in [0.3, 0.4) is 0 Å². The van der Waals surface area contributed by atoms with Crippen molar-refractivity contribution in [1.82, 2.24) is 0 Å². The van der Waals surface area contributed by atoms with Crippen molar-refractivity contribution in [3.8, 4) is 5.75 Å². The molecule has 4 rings (SSSR count). The van der Waals surface area contributed by atoms with Gasteiger partial charge in [0.15, 0.2) is 0 Å². The van der Waals surface area contributed by atoms with Gasteiger partial charge in [0.1, 0.15) is 5.75 Å². The molecule has 1 aliphatic rings. The number of methoxy groups -OCH3 is 1. The second-order valence-corrected chi connectivity index (χ2v) is 8.36. The first-order valence-electron chi connectivity index (χ1n) is 9.69. The molecule has 29 heavy (non-hydrogen) atoms. The molecule has 1 fully saturated rings. The molecule has 0 unspecified atom stereocenters. The Labute approximate surface area is 183 Å². The summed E-state index contributed by atoms with van der Waals surface area (Å²) in [6.07, 6.45) is 3.64. The molecule has 0 atom stereocenters. The van der Waals surface area contributed by atoms with Gasteiger partial charge in [0.25, 0.3) is 5.91 Å². The average Bonchev–Trinajstić information content (AvgIpc) is 2.74. The molecule has 150 valence electrons. The molecule has 0 radical (unpaired) electrons. The molecule has 0 aromatic heterocycles. The normalized spacial score (nSPS) is 14.1. The number of rotatable bonds is 4. The maximum atomic E-state index is 13.0. The Morgan fingerprint density at radius 3 is 2.59 bits per heavy atom. The number of carbonyl (C=O) groups excluding carboxylic acids is 1. The van der Waals surface area contributed by atoms with Crippen molar-refractivity contribution in [2.75, 3.05) is 30.4 Å². The molecule has 3 aromatic carbocycles. The van der Waals surface area contributed by atoms with Crippen LogP contribution in [0, 0.1) is 0 Å². The lowest BCUT2D eigenvalue weighted by molar-refractivity contribution is 0.102. The summed E-state index contributed by atoms with van der Waals surface area (Å²) in [7, 11) is 1.57. The van der Waals surface area contributed by atoms with Crippen LogP contribution in [0.1, 0.15) is 29.6 Å². The number of amides is 1. The molecular formula is C23H22BrClN2O2. The van der Waals surface area contributed by atoms with Gasteiger partial charge in [-0.3, -0.25) is 4.79 Å². The van der Waals surface area contributed by atoms with Crippen LogP contribution in [0.2, 0.25) is 5.02 Å². The molecule has 0 aliphatic carbocycles. The van der Waals surface area contributed by atoms with E-state index < -0.39 is 0 Å². The fourth-order valence-corrected chi connectivity index (χ4v) is 4.86. The largest absolute Gasteiger partial charge is 0.495 e. The molecule has 0 bridgehead atoms. The third-order valence-corrected chi connectivity index (χ3v) is 6.38. The first-order valence-corrected chi connectivity index (χ1v) is 10.9. The molecule has 0 saturated carbocycles. The van der Waals surface area contributed by atoms with Gasteiger partial charge in [0.2, 0.25) is 0 Å². The highest BCUT2D eigenvalue weighted by atomic mass is 79.9. The van der Waals surface area contributed by atoms with Crippen molar-refractivity contribution in [3.05, 3.63) is 63.6 Å². The number of carbonyl (C=O) groups is 1. The fourth-order valence-electron chi connectivity index (χ4n) is 3.83. The van der Waals surface area contributed by atoms with Crippen LogP contribution >= 0.6 is 27.5 Å². The summed E-state index contributed by atoms with van der Waals surface area (Å²) in [5, 5.41) is 5.56. The van der Waals surface area contributed by atoms with Crippen LogP contribution in [0.5, 0.6) is 5.75 Å². The maximum Gasteiger partial charge on any atom is 0.259 e. The van der Waals surface area contributed by atoms with E-state index in [1.165, 1.54) is 19.3 Å². The van der Waals surface area contributed by atoms with Gasteiger partial charge in [0, 0.05) is 18.8 Å². The van der Waals surface area contributed by atoms with E-state index in [1.807, 2.05) is 48.5 Å². The molecule has 6 heteroatoms. The third kappa shape index (κ3) is 4.07. The number of benzene rings is 3. The monoisotopic (exact) mass is 472 g/mol. The zero-order valence-corrected chi connectivity index (χ0v) is 18.5. The number of ether oxygens (including phenoxy) is 1. The SMILES string of the molecule is COc1c(C(=O)Nc2ccc(N3CCCCC3)c(Cl)c2)cc2ccccc2c1Br. The lowest BCUT2D eigenvalue weighted by atomic mass is 10.0. The molecule has 1 saturated heterocycles. The highest BCUT2D eigenvalue weighted by Gasteiger charge is 2.19. The Balaban J connectivity index is 1.62. The van der Waals surface area contributed by atoms with Crippen molar-refractivity contribution < 1.29 is 9.53 Å². The lowest BCUT2D eigenvalue weighted by Gasteiger charge is -2.29. The van der Waals surface area contributed by atoms with Crippen molar-refractivity contribution >= 4 is 55.6 Å². The van der Waals surface area contributed by atoms with E-state index >= 15 is 0 Å². The Morgan fingerprint density at radius 1 is 1.10 bits per heavy atom. The Hall–Kier alpha value is -2.24. The van der Waals surface area contributed by atoms with Crippen molar-refractivity contribution in [3.63, 3.8) is 0 Å². The topological polar surface area (TPSA) is 41.6 Å². The smallest absolute Gasteiger partial charge is 0.259 e. The lowest BCUT2D eigenvalue weighted by Crippen LogP contribution is -2.29. The number of halogens is 2. The molecule has 0 spiro atoms. The van der Waals surface area contributed by atoms with Crippen LogP contribution in [-0.4, -0.2) is 26.1 Å². The van der Waals surface area contributed by atoms with Crippen molar-refractivity contribution in [1.29, 1.82) is 0 Å². The number of hydrogen-bond acceptors (Lipinski definition) is 3. The predicted octanol–water partition coefficient (Wildman–Crippen LogP) is 6.51. The summed E-state index contributed by atoms with van der Waals surface area (Å²) in [6.45, 7) is 2.04. The Bertz CT molecular complexity index is 1060. The molecule has 4 nitrogen and oxygen atoms in total. The van der Waals surface area contributed by atoms with Crippen LogP contribution in [0.25, 0.3) is 10.8 Å². The van der Waals surface area contributed by atoms with E-state index in [0.29, 0.717) is 22.0 Å². The number of nitrogens with one attached hydrogen (secondary N) is 1. The molecule has 3 aromatic rings. The van der Waals surface area contributed by atoms with Gasteiger partial charge in [-0.15, -0.1) is 0 Å². The number of piperidine rings is 1. The second kappa shape index (κ2) is 8.64. The highest BCUT2D eigenvalue weighted by molar-refractivity contribution is 9.10. The minimum absolute atomic E-state index is 0.241. The number of fused-ring (bicyclic) bond motifs is 1. The molecule has 1 N–H and O–H groups in total. The van der Waals surface area contributed by atoms with Crippen LogP contribution in [0.4, 0.5) is 11.4 Å². The van der Waals surface area contributed by atoms with Gasteiger partial charge in [-0.2, -0.15) is 0 Å². The van der Waals surface area contributed by atoms with E-state index in [9.17, 15) is 4.79 Å². The van der Waals surface area contributed by atoms with E-state index in [4.69, 9.17) is 16.3 Å². The molecule has 1 amide bonds. The van der Waals surface area contributed by atoms with Gasteiger partial charge in [-0.25, -0.2) is 0 Å². The summed E-state index contributed by atoms with van der Waals surface area (Å²) in [6, 6.07) is 15.4. The zero-order chi connectivity index (χ0) is 20.4. The summed E-state index contributed by atoms with van der Waals surface area (Å²) in [5.41, 5.74) is 2.15. The Kier molecular flexibility index (Phi) is 5.97. The van der Waals surface area contributed by atoms with Gasteiger partial charge >= 0.3 is 0 Å². The highest BCUT2D eigenvalue weighted by Crippen LogP contribution is 2.37. The third-order valence-electron chi connectivity index (χ3n) is 5.29. The van der Waals surface area contributed by atoms with Crippen molar-refractivity contribution in [2.24, 2.45) is 0 Å². The first kappa shape index (κ1) is 20.0. The molecule has 1 aliphatic heterocycles. The average molecular weight is 474 g/mol. The van der Waals surface area contributed by atoms with Crippen LogP contribution in [-0.2, 0) is 0 Å². The maximum absolute atomic E-state index is 13.0. The Morgan fingerprint density at radius 2 is 1.86 bits per heavy atom.